The van der Waals surface area contributed by atoms with Crippen LogP contribution in [-0.2, 0) is 9.59 Å². The minimum Gasteiger partial charge on any atom is -0.478 e. The predicted molar refractivity (Wildman–Crippen MR) is 93.7 cm³/mol. The van der Waals surface area contributed by atoms with Crippen LogP contribution in [0.1, 0.15) is 6.42 Å². The number of pyridine rings is 1. The lowest BCUT2D eigenvalue weighted by atomic mass is 10.2. The fourth-order valence-corrected chi connectivity index (χ4v) is 3.20. The van der Waals surface area contributed by atoms with Crippen molar-refractivity contribution in [2.24, 2.45) is 0 Å². The molecule has 7 nitrogen and oxygen atoms in total. The second-order valence-corrected chi connectivity index (χ2v) is 6.02. The molecule has 2 fully saturated rings. The number of carboxylic acid groups (broad SMARTS) is 2. The van der Waals surface area contributed by atoms with Gasteiger partial charge in [-0.15, -0.1) is 0 Å². The molecule has 25 heavy (non-hydrogen) atoms. The zero-order chi connectivity index (χ0) is 17.8. The summed E-state index contributed by atoms with van der Waals surface area (Å²) in [4.78, 5) is 26.3. The van der Waals surface area contributed by atoms with Crippen LogP contribution < -0.4 is 10.2 Å². The molecule has 2 bridgehead atoms. The molecule has 2 aromatic rings. The van der Waals surface area contributed by atoms with Gasteiger partial charge in [-0.25, -0.2) is 14.6 Å². The fourth-order valence-electron chi connectivity index (χ4n) is 3.20. The molecule has 3 N–H and O–H groups in total. The van der Waals surface area contributed by atoms with E-state index in [2.05, 4.69) is 46.6 Å². The van der Waals surface area contributed by atoms with E-state index in [1.54, 1.807) is 0 Å². The summed E-state index contributed by atoms with van der Waals surface area (Å²) in [6.07, 6.45) is 2.39. The number of carbonyl (C=O) groups is 2. The van der Waals surface area contributed by atoms with Gasteiger partial charge in [0, 0.05) is 42.7 Å². The lowest BCUT2D eigenvalue weighted by Gasteiger charge is -2.28. The van der Waals surface area contributed by atoms with Crippen molar-refractivity contribution in [2.75, 3.05) is 18.0 Å². The van der Waals surface area contributed by atoms with Crippen LogP contribution in [0.15, 0.2) is 48.6 Å². The number of piperazine rings is 1. The molecule has 3 heterocycles. The molecular weight excluding hydrogens is 322 g/mol. The van der Waals surface area contributed by atoms with Gasteiger partial charge in [0.2, 0.25) is 0 Å². The summed E-state index contributed by atoms with van der Waals surface area (Å²) < 4.78 is 0. The van der Waals surface area contributed by atoms with Crippen LogP contribution in [0.3, 0.4) is 0 Å². The molecule has 0 amide bonds. The maximum absolute atomic E-state index is 9.55. The Labute approximate surface area is 144 Å². The Kier molecular flexibility index (Phi) is 4.95. The number of hydrogen-bond donors (Lipinski definition) is 3. The topological polar surface area (TPSA) is 103 Å². The number of rotatable bonds is 3. The molecule has 7 heteroatoms. The zero-order valence-corrected chi connectivity index (χ0v) is 13.5. The lowest BCUT2D eigenvalue weighted by molar-refractivity contribution is -0.134. The van der Waals surface area contributed by atoms with Crippen LogP contribution in [-0.4, -0.2) is 52.3 Å². The lowest BCUT2D eigenvalue weighted by Crippen LogP contribution is -2.43. The van der Waals surface area contributed by atoms with Crippen molar-refractivity contribution in [3.8, 4) is 0 Å². The Morgan fingerprint density at radius 1 is 1.12 bits per heavy atom. The molecule has 0 radical (unpaired) electrons. The molecule has 2 aliphatic heterocycles. The Morgan fingerprint density at radius 2 is 1.84 bits per heavy atom. The molecule has 1 aromatic carbocycles. The van der Waals surface area contributed by atoms with Gasteiger partial charge in [-0.2, -0.15) is 0 Å². The molecule has 0 saturated carbocycles. The summed E-state index contributed by atoms with van der Waals surface area (Å²) in [6.45, 7) is 2.22. The van der Waals surface area contributed by atoms with Crippen LogP contribution >= 0.6 is 0 Å². The van der Waals surface area contributed by atoms with E-state index in [-0.39, 0.29) is 0 Å². The first-order valence-electron chi connectivity index (χ1n) is 8.02. The molecule has 0 unspecified atom stereocenters. The number of nitrogens with zero attached hydrogens (tertiary/aromatic N) is 2. The van der Waals surface area contributed by atoms with Crippen molar-refractivity contribution >= 4 is 28.7 Å². The first-order valence-corrected chi connectivity index (χ1v) is 8.02. The van der Waals surface area contributed by atoms with Crippen molar-refractivity contribution in [3.63, 3.8) is 0 Å². The Morgan fingerprint density at radius 3 is 2.44 bits per heavy atom. The van der Waals surface area contributed by atoms with Gasteiger partial charge in [0.25, 0.3) is 0 Å². The highest BCUT2D eigenvalue weighted by molar-refractivity contribution is 5.89. The first kappa shape index (κ1) is 16.9. The second-order valence-electron chi connectivity index (χ2n) is 6.02. The number of aliphatic carboxylic acids is 2. The van der Waals surface area contributed by atoms with Gasteiger partial charge in [0.15, 0.2) is 0 Å². The Hall–Kier alpha value is -2.93. The van der Waals surface area contributed by atoms with E-state index in [9.17, 15) is 9.59 Å². The quantitative estimate of drug-likeness (QED) is 0.727. The molecule has 2 saturated heterocycles. The smallest absolute Gasteiger partial charge is 0.328 e. The van der Waals surface area contributed by atoms with Gasteiger partial charge >= 0.3 is 11.9 Å². The van der Waals surface area contributed by atoms with Crippen LogP contribution in [0.2, 0.25) is 0 Å². The number of carboxylic acids is 2. The minimum atomic E-state index is -1.26. The van der Waals surface area contributed by atoms with Crippen LogP contribution in [0.5, 0.6) is 0 Å². The van der Waals surface area contributed by atoms with E-state index < -0.39 is 11.9 Å². The summed E-state index contributed by atoms with van der Waals surface area (Å²) in [5, 5.41) is 20.4. The standard InChI is InChI=1S/C14H15N3.C4H4O4/c1-2-4-13-10(3-1)5-6-14(16-13)17-9-11-7-12(17)8-15-11;5-3(6)1-2-4(7)8/h1-6,11-12,15H,7-9H2;1-2H,(H,5,6)(H,7,8)/b;2-1+/t11-,12-;/m0./s1. The van der Waals surface area contributed by atoms with Crippen LogP contribution in [0, 0.1) is 0 Å². The van der Waals surface area contributed by atoms with Crippen molar-refractivity contribution in [3.05, 3.63) is 48.6 Å². The highest BCUT2D eigenvalue weighted by atomic mass is 16.4. The first-order chi connectivity index (χ1) is 12.0. The molecule has 2 aliphatic rings. The van der Waals surface area contributed by atoms with E-state index in [0.29, 0.717) is 24.2 Å². The van der Waals surface area contributed by atoms with Gasteiger partial charge in [-0.1, -0.05) is 18.2 Å². The molecule has 130 valence electrons. The van der Waals surface area contributed by atoms with E-state index in [4.69, 9.17) is 15.2 Å². The Balaban J connectivity index is 0.000000197. The predicted octanol–water partition coefficient (Wildman–Crippen LogP) is 1.50. The average molecular weight is 341 g/mol. The SMILES string of the molecule is O=C(O)/C=C/C(=O)O.c1ccc2nc(N3C[C@@H]4C[C@H]3CN4)ccc2c1. The van der Waals surface area contributed by atoms with Crippen molar-refractivity contribution in [1.82, 2.24) is 10.3 Å². The van der Waals surface area contributed by atoms with Crippen molar-refractivity contribution in [1.29, 1.82) is 0 Å². The number of fused-ring (bicyclic) bond motifs is 3. The Bertz CT molecular complexity index is 805. The maximum Gasteiger partial charge on any atom is 0.328 e. The van der Waals surface area contributed by atoms with E-state index in [0.717, 1.165) is 24.4 Å². The number of benzene rings is 1. The highest BCUT2D eigenvalue weighted by Gasteiger charge is 2.38. The monoisotopic (exact) mass is 341 g/mol. The molecule has 2 atom stereocenters. The molecule has 1 aromatic heterocycles. The number of anilines is 1. The summed E-state index contributed by atoms with van der Waals surface area (Å²) in [7, 11) is 0. The van der Waals surface area contributed by atoms with Gasteiger partial charge in [0.05, 0.1) is 5.52 Å². The fraction of sp³-hybridized carbons (Fsp3) is 0.278. The van der Waals surface area contributed by atoms with Crippen LogP contribution in [0.25, 0.3) is 10.9 Å². The van der Waals surface area contributed by atoms with Gasteiger partial charge in [0.1, 0.15) is 5.82 Å². The zero-order valence-electron chi connectivity index (χ0n) is 13.5. The van der Waals surface area contributed by atoms with Crippen LogP contribution in [0.4, 0.5) is 5.82 Å². The molecule has 4 rings (SSSR count). The van der Waals surface area contributed by atoms with Crippen molar-refractivity contribution < 1.29 is 19.8 Å². The number of hydrogen-bond acceptors (Lipinski definition) is 5. The van der Waals surface area contributed by atoms with E-state index in [1.807, 2.05) is 0 Å². The average Bonchev–Trinajstić information content (AvgIpc) is 3.23. The number of aromatic nitrogens is 1. The third-order valence-electron chi connectivity index (χ3n) is 4.30. The number of nitrogens with one attached hydrogen (secondary N) is 1. The number of para-hydroxylation sites is 1. The van der Waals surface area contributed by atoms with Crippen molar-refractivity contribution in [2.45, 2.75) is 18.5 Å². The van der Waals surface area contributed by atoms with Gasteiger partial charge < -0.3 is 20.4 Å². The molecule has 0 spiro atoms. The largest absolute Gasteiger partial charge is 0.478 e. The molecule has 0 aliphatic carbocycles. The molecular formula is C18H19N3O4. The normalized spacial score (nSPS) is 21.4. The van der Waals surface area contributed by atoms with E-state index >= 15 is 0 Å². The second kappa shape index (κ2) is 7.31. The summed E-state index contributed by atoms with van der Waals surface area (Å²) in [6, 6.07) is 14.0. The van der Waals surface area contributed by atoms with Gasteiger partial charge in [-0.05, 0) is 24.6 Å². The third kappa shape index (κ3) is 4.13. The maximum atomic E-state index is 9.55. The highest BCUT2D eigenvalue weighted by Crippen LogP contribution is 2.29. The minimum absolute atomic E-state index is 0.558. The summed E-state index contributed by atoms with van der Waals surface area (Å²) in [5.74, 6) is -1.38. The van der Waals surface area contributed by atoms with Gasteiger partial charge in [-0.3, -0.25) is 0 Å². The third-order valence-corrected chi connectivity index (χ3v) is 4.30. The summed E-state index contributed by atoms with van der Waals surface area (Å²) >= 11 is 0. The summed E-state index contributed by atoms with van der Waals surface area (Å²) in [5.41, 5.74) is 1.10. The van der Waals surface area contributed by atoms with E-state index in [1.165, 1.54) is 11.8 Å².